The first-order valence-electron chi connectivity index (χ1n) is 14.2. The van der Waals surface area contributed by atoms with Crippen LogP contribution >= 0.6 is 0 Å². The highest BCUT2D eigenvalue weighted by Crippen LogP contribution is 2.35. The lowest BCUT2D eigenvalue weighted by molar-refractivity contribution is 0.134. The fourth-order valence-electron chi connectivity index (χ4n) is 6.60. The molecule has 3 rings (SSSR count). The topological polar surface area (TPSA) is 15.6 Å². The van der Waals surface area contributed by atoms with Gasteiger partial charge < -0.3 is 0 Å². The molecule has 0 aromatic rings. The van der Waals surface area contributed by atoms with E-state index in [9.17, 15) is 0 Å². The molecule has 0 spiro atoms. The van der Waals surface area contributed by atoms with Crippen molar-refractivity contribution in [2.45, 2.75) is 148 Å². The van der Waals surface area contributed by atoms with Gasteiger partial charge in [-0.05, 0) is 49.9 Å². The highest BCUT2D eigenvalue weighted by atomic mass is 15.5. The van der Waals surface area contributed by atoms with Gasteiger partial charge in [0.25, 0.3) is 0 Å². The zero-order valence-corrected chi connectivity index (χ0v) is 20.6. The predicted molar refractivity (Wildman–Crippen MR) is 132 cm³/mol. The summed E-state index contributed by atoms with van der Waals surface area (Å²) in [7, 11) is 0. The van der Waals surface area contributed by atoms with Gasteiger partial charge >= 0.3 is 0 Å². The van der Waals surface area contributed by atoms with Crippen LogP contribution in [-0.4, -0.2) is 23.3 Å². The number of hydrazone groups is 1. The van der Waals surface area contributed by atoms with E-state index in [1.165, 1.54) is 135 Å². The molecule has 2 heteroatoms. The Morgan fingerprint density at radius 2 is 1.23 bits per heavy atom. The highest BCUT2D eigenvalue weighted by Gasteiger charge is 2.32. The molecule has 0 aromatic carbocycles. The van der Waals surface area contributed by atoms with E-state index in [1.54, 1.807) is 5.71 Å². The first-order valence-corrected chi connectivity index (χ1v) is 14.2. The van der Waals surface area contributed by atoms with Crippen molar-refractivity contribution in [2.75, 3.05) is 6.54 Å². The lowest BCUT2D eigenvalue weighted by Crippen LogP contribution is -2.36. The summed E-state index contributed by atoms with van der Waals surface area (Å²) in [4.78, 5) is 0. The molecule has 2 aliphatic carbocycles. The number of hydrogen-bond donors (Lipinski definition) is 0. The molecule has 0 radical (unpaired) electrons. The lowest BCUT2D eigenvalue weighted by atomic mass is 9.79. The molecule has 174 valence electrons. The van der Waals surface area contributed by atoms with Crippen LogP contribution in [0.2, 0.25) is 0 Å². The summed E-state index contributed by atoms with van der Waals surface area (Å²) in [5.41, 5.74) is 1.63. The van der Waals surface area contributed by atoms with Crippen LogP contribution in [0.3, 0.4) is 0 Å². The van der Waals surface area contributed by atoms with Gasteiger partial charge in [0.05, 0.1) is 0 Å². The molecule has 0 bridgehead atoms. The summed E-state index contributed by atoms with van der Waals surface area (Å²) in [5, 5.41) is 8.29. The van der Waals surface area contributed by atoms with E-state index in [0.717, 1.165) is 17.8 Å². The van der Waals surface area contributed by atoms with Crippen LogP contribution in [0.15, 0.2) is 5.10 Å². The molecule has 0 amide bonds. The highest BCUT2D eigenvalue weighted by molar-refractivity contribution is 5.87. The smallest absolute Gasteiger partial charge is 0.0470 e. The molecule has 2 saturated carbocycles. The lowest BCUT2D eigenvalue weighted by Gasteiger charge is -2.33. The van der Waals surface area contributed by atoms with Crippen LogP contribution in [0.5, 0.6) is 0 Å². The minimum absolute atomic E-state index is 0.712. The van der Waals surface area contributed by atoms with E-state index in [2.05, 4.69) is 18.9 Å². The maximum absolute atomic E-state index is 5.61. The molecule has 30 heavy (non-hydrogen) atoms. The van der Waals surface area contributed by atoms with Gasteiger partial charge in [0.15, 0.2) is 0 Å². The van der Waals surface area contributed by atoms with Gasteiger partial charge in [0, 0.05) is 18.3 Å². The van der Waals surface area contributed by atoms with Crippen molar-refractivity contribution in [3.05, 3.63) is 0 Å². The van der Waals surface area contributed by atoms with Crippen molar-refractivity contribution < 1.29 is 0 Å². The Morgan fingerprint density at radius 3 is 1.77 bits per heavy atom. The van der Waals surface area contributed by atoms with Crippen LogP contribution in [0.25, 0.3) is 0 Å². The summed E-state index contributed by atoms with van der Waals surface area (Å²) >= 11 is 0. The molecule has 0 N–H and O–H groups in total. The quantitative estimate of drug-likeness (QED) is 0.437. The summed E-state index contributed by atoms with van der Waals surface area (Å²) < 4.78 is 0. The van der Waals surface area contributed by atoms with Crippen molar-refractivity contribution >= 4 is 5.71 Å². The van der Waals surface area contributed by atoms with E-state index >= 15 is 0 Å². The zero-order chi connectivity index (χ0) is 21.0. The molecule has 1 aliphatic heterocycles. The number of nitrogens with zero attached hydrogens (tertiary/aromatic N) is 2. The fourth-order valence-corrected chi connectivity index (χ4v) is 6.60. The minimum atomic E-state index is 0.712. The van der Waals surface area contributed by atoms with Gasteiger partial charge in [-0.25, -0.2) is 0 Å². The van der Waals surface area contributed by atoms with E-state index < -0.39 is 0 Å². The summed E-state index contributed by atoms with van der Waals surface area (Å²) in [5.74, 6) is 2.49. The molecule has 3 aliphatic rings. The Morgan fingerprint density at radius 1 is 0.700 bits per heavy atom. The first kappa shape index (κ1) is 24.1. The van der Waals surface area contributed by atoms with Crippen molar-refractivity contribution in [2.24, 2.45) is 22.9 Å². The summed E-state index contributed by atoms with van der Waals surface area (Å²) in [6.07, 6.45) is 28.3. The van der Waals surface area contributed by atoms with Crippen LogP contribution in [-0.2, 0) is 0 Å². The third-order valence-corrected chi connectivity index (χ3v) is 8.57. The molecular formula is C28H52N2. The second-order valence-corrected chi connectivity index (χ2v) is 10.9. The predicted octanol–water partition coefficient (Wildman–Crippen LogP) is 8.74. The number of hydrogen-bond acceptors (Lipinski definition) is 2. The van der Waals surface area contributed by atoms with E-state index in [1.807, 2.05) is 0 Å². The van der Waals surface area contributed by atoms with Crippen LogP contribution in [0.1, 0.15) is 142 Å². The van der Waals surface area contributed by atoms with Gasteiger partial charge in [-0.3, -0.25) is 5.01 Å². The molecule has 2 fully saturated rings. The van der Waals surface area contributed by atoms with E-state index in [-0.39, 0.29) is 0 Å². The molecule has 2 nitrogen and oxygen atoms in total. The third-order valence-electron chi connectivity index (χ3n) is 8.57. The molecular weight excluding hydrogens is 364 g/mol. The standard InChI is InChI=1S/C28H52N2/c1-3-17-26-22-28(25-18-13-9-5-6-10-14-19-25)29-30(23-24(26)4-2)27-20-15-11-7-8-12-16-21-27/h24-27H,3-23H2,1-2H3. The Labute approximate surface area is 188 Å². The van der Waals surface area contributed by atoms with Crippen molar-refractivity contribution in [3.63, 3.8) is 0 Å². The molecule has 1 heterocycles. The monoisotopic (exact) mass is 416 g/mol. The van der Waals surface area contributed by atoms with Gasteiger partial charge in [-0.15, -0.1) is 0 Å². The van der Waals surface area contributed by atoms with Gasteiger partial charge in [-0.1, -0.05) is 110 Å². The van der Waals surface area contributed by atoms with Gasteiger partial charge in [0.1, 0.15) is 0 Å². The van der Waals surface area contributed by atoms with Crippen LogP contribution < -0.4 is 0 Å². The van der Waals surface area contributed by atoms with E-state index in [4.69, 9.17) is 5.10 Å². The molecule has 0 aromatic heterocycles. The minimum Gasteiger partial charge on any atom is -0.294 e. The average molecular weight is 417 g/mol. The summed E-state index contributed by atoms with van der Waals surface area (Å²) in [6.45, 7) is 6.08. The largest absolute Gasteiger partial charge is 0.294 e. The van der Waals surface area contributed by atoms with Crippen molar-refractivity contribution in [1.82, 2.24) is 5.01 Å². The Bertz CT molecular complexity index is 465. The Balaban J connectivity index is 1.81. The molecule has 2 atom stereocenters. The third kappa shape index (κ3) is 7.56. The van der Waals surface area contributed by atoms with Crippen molar-refractivity contribution in [1.29, 1.82) is 0 Å². The zero-order valence-electron chi connectivity index (χ0n) is 20.6. The Hall–Kier alpha value is -0.530. The first-order chi connectivity index (χ1) is 14.8. The van der Waals surface area contributed by atoms with Gasteiger partial charge in [-0.2, -0.15) is 5.10 Å². The molecule has 0 saturated heterocycles. The average Bonchev–Trinajstić information content (AvgIpc) is 2.86. The fraction of sp³-hybridized carbons (Fsp3) is 0.964. The van der Waals surface area contributed by atoms with Crippen molar-refractivity contribution in [3.8, 4) is 0 Å². The number of rotatable bonds is 5. The molecule has 2 unspecified atom stereocenters. The SMILES string of the molecule is CCCC1CC(C2CCCCCCCC2)=NN(C2CCCCCCCC2)CC1CC. The maximum atomic E-state index is 5.61. The van der Waals surface area contributed by atoms with Crippen LogP contribution in [0.4, 0.5) is 0 Å². The normalized spacial score (nSPS) is 29.5. The Kier molecular flexibility index (Phi) is 11.1. The van der Waals surface area contributed by atoms with E-state index in [0.29, 0.717) is 6.04 Å². The summed E-state index contributed by atoms with van der Waals surface area (Å²) in [6, 6.07) is 0.712. The van der Waals surface area contributed by atoms with Gasteiger partial charge in [0.2, 0.25) is 0 Å². The second-order valence-electron chi connectivity index (χ2n) is 10.9. The maximum Gasteiger partial charge on any atom is 0.0470 e. The van der Waals surface area contributed by atoms with Crippen LogP contribution in [0, 0.1) is 17.8 Å². The second kappa shape index (κ2) is 13.8.